The number of nitrogens with zero attached hydrogens (tertiary/aromatic N) is 1. The Kier molecular flexibility index (Phi) is 2.37. The van der Waals surface area contributed by atoms with Crippen molar-refractivity contribution in [1.29, 1.82) is 0 Å². The van der Waals surface area contributed by atoms with Crippen LogP contribution in [-0.2, 0) is 4.79 Å². The minimum Gasteiger partial charge on any atom is -0.762 e. The number of ketones is 1. The largest absolute Gasteiger partial charge is 0.762 e. The maximum absolute atomic E-state index is 10.8. The van der Waals surface area contributed by atoms with Crippen molar-refractivity contribution in [3.05, 3.63) is 5.21 Å². The lowest BCUT2D eigenvalue weighted by molar-refractivity contribution is -0.142. The van der Waals surface area contributed by atoms with Gasteiger partial charge in [0.15, 0.2) is 5.78 Å². The predicted octanol–water partition coefficient (Wildman–Crippen LogP) is 0.687. The van der Waals surface area contributed by atoms with Crippen LogP contribution in [0.3, 0.4) is 0 Å². The molecule has 0 aliphatic heterocycles. The zero-order valence-electron chi connectivity index (χ0n) is 5.62. The van der Waals surface area contributed by atoms with E-state index in [0.29, 0.717) is 12.8 Å². The van der Waals surface area contributed by atoms with Gasteiger partial charge < -0.3 is 10.4 Å². The van der Waals surface area contributed by atoms with Crippen LogP contribution in [0.2, 0.25) is 0 Å². The number of rotatable bonds is 1. The Balaban J connectivity index is 2.48. The number of hydroxylamine groups is 2. The lowest BCUT2D eigenvalue weighted by atomic mass is 9.95. The number of carbonyl (C=O) groups is 1. The minimum absolute atomic E-state index is 0.135. The minimum atomic E-state index is -0.784. The van der Waals surface area contributed by atoms with E-state index in [1.165, 1.54) is 0 Å². The first-order chi connectivity index (χ1) is 4.72. The third-order valence-corrected chi connectivity index (χ3v) is 1.79. The fourth-order valence-corrected chi connectivity index (χ4v) is 1.20. The second kappa shape index (κ2) is 3.09. The summed E-state index contributed by atoms with van der Waals surface area (Å²) in [5.74, 6) is -0.135. The summed E-state index contributed by atoms with van der Waals surface area (Å²) in [4.78, 5) is 10.8. The van der Waals surface area contributed by atoms with Crippen LogP contribution in [-0.4, -0.2) is 22.3 Å². The molecule has 1 saturated carbocycles. The molecule has 10 heavy (non-hydrogen) atoms. The van der Waals surface area contributed by atoms with Gasteiger partial charge in [-0.3, -0.25) is 10.0 Å². The first kappa shape index (κ1) is 7.65. The molecule has 4 heteroatoms. The number of hydrogen-bond donors (Lipinski definition) is 1. The molecule has 1 aliphatic rings. The fraction of sp³-hybridized carbons (Fsp3) is 0.833. The molecule has 0 heterocycles. The lowest BCUT2D eigenvalue weighted by Gasteiger charge is -2.31. The van der Waals surface area contributed by atoms with E-state index in [0.717, 1.165) is 12.8 Å². The fourth-order valence-electron chi connectivity index (χ4n) is 1.20. The van der Waals surface area contributed by atoms with Crippen LogP contribution in [0.15, 0.2) is 0 Å². The predicted molar refractivity (Wildman–Crippen MR) is 34.3 cm³/mol. The third-order valence-electron chi connectivity index (χ3n) is 1.79. The Bertz CT molecular complexity index is 135. The van der Waals surface area contributed by atoms with Gasteiger partial charge in [0.05, 0.1) is 6.04 Å². The van der Waals surface area contributed by atoms with E-state index in [4.69, 9.17) is 5.21 Å². The zero-order chi connectivity index (χ0) is 7.56. The second-order valence-electron chi connectivity index (χ2n) is 2.53. The molecule has 1 rings (SSSR count). The molecule has 1 N–H and O–H groups in total. The van der Waals surface area contributed by atoms with Gasteiger partial charge in [-0.05, 0) is 12.8 Å². The van der Waals surface area contributed by atoms with E-state index in [-0.39, 0.29) is 11.0 Å². The molecule has 0 saturated heterocycles. The number of hydrogen-bond acceptors (Lipinski definition) is 4. The smallest absolute Gasteiger partial charge is 0.151 e. The van der Waals surface area contributed by atoms with Crippen LogP contribution in [0.5, 0.6) is 0 Å². The van der Waals surface area contributed by atoms with Gasteiger partial charge in [0.25, 0.3) is 0 Å². The summed E-state index contributed by atoms with van der Waals surface area (Å²) < 4.78 is 0. The highest BCUT2D eigenvalue weighted by Crippen LogP contribution is 2.17. The van der Waals surface area contributed by atoms with E-state index >= 15 is 0 Å². The summed E-state index contributed by atoms with van der Waals surface area (Å²) in [6.45, 7) is 0. The van der Waals surface area contributed by atoms with Gasteiger partial charge in [-0.15, -0.1) is 0 Å². The summed E-state index contributed by atoms with van der Waals surface area (Å²) in [5, 5.41) is 18.4. The van der Waals surface area contributed by atoms with E-state index in [1.807, 2.05) is 0 Å². The first-order valence-corrected chi connectivity index (χ1v) is 3.40. The molecule has 0 aromatic rings. The summed E-state index contributed by atoms with van der Waals surface area (Å²) in [6, 6.07) is -0.784. The molecule has 0 radical (unpaired) electrons. The molecule has 58 valence electrons. The van der Waals surface area contributed by atoms with Gasteiger partial charge in [0.2, 0.25) is 0 Å². The van der Waals surface area contributed by atoms with E-state index in [9.17, 15) is 10.0 Å². The van der Waals surface area contributed by atoms with Gasteiger partial charge in [-0.2, -0.15) is 0 Å². The average Bonchev–Trinajstić information content (AvgIpc) is 1.88. The van der Waals surface area contributed by atoms with Crippen molar-refractivity contribution in [2.75, 3.05) is 0 Å². The van der Waals surface area contributed by atoms with Crippen LogP contribution < -0.4 is 0 Å². The van der Waals surface area contributed by atoms with Crippen LogP contribution in [0.1, 0.15) is 25.7 Å². The average molecular weight is 144 g/mol. The monoisotopic (exact) mass is 144 g/mol. The highest BCUT2D eigenvalue weighted by molar-refractivity contribution is 5.84. The van der Waals surface area contributed by atoms with Crippen molar-refractivity contribution in [3.63, 3.8) is 0 Å². The normalized spacial score (nSPS) is 27.5. The summed E-state index contributed by atoms with van der Waals surface area (Å²) >= 11 is 0. The van der Waals surface area contributed by atoms with E-state index < -0.39 is 6.04 Å². The van der Waals surface area contributed by atoms with E-state index in [2.05, 4.69) is 0 Å². The van der Waals surface area contributed by atoms with Crippen LogP contribution >= 0.6 is 0 Å². The lowest BCUT2D eigenvalue weighted by Crippen LogP contribution is -2.37. The quantitative estimate of drug-likeness (QED) is 0.550. The molecule has 1 unspecified atom stereocenters. The molecule has 0 aromatic heterocycles. The van der Waals surface area contributed by atoms with Crippen LogP contribution in [0, 0.1) is 5.21 Å². The van der Waals surface area contributed by atoms with Crippen LogP contribution in [0.4, 0.5) is 0 Å². The van der Waals surface area contributed by atoms with Gasteiger partial charge in [-0.1, -0.05) is 6.42 Å². The van der Waals surface area contributed by atoms with Gasteiger partial charge in [-0.25, -0.2) is 0 Å². The SMILES string of the molecule is O=C1CCCCC1N([O-])O. The van der Waals surface area contributed by atoms with Gasteiger partial charge in [0, 0.05) is 6.42 Å². The molecular formula is C6H10NO3-. The van der Waals surface area contributed by atoms with Crippen LogP contribution in [0.25, 0.3) is 0 Å². The molecule has 1 aliphatic carbocycles. The maximum atomic E-state index is 10.8. The highest BCUT2D eigenvalue weighted by Gasteiger charge is 2.22. The Morgan fingerprint density at radius 1 is 1.60 bits per heavy atom. The molecule has 1 fully saturated rings. The maximum Gasteiger partial charge on any atom is 0.151 e. The number of carbonyl (C=O) groups excluding carboxylic acids is 1. The third kappa shape index (κ3) is 1.53. The van der Waals surface area contributed by atoms with Gasteiger partial charge >= 0.3 is 0 Å². The van der Waals surface area contributed by atoms with Crippen molar-refractivity contribution in [2.24, 2.45) is 0 Å². The van der Waals surface area contributed by atoms with Crippen molar-refractivity contribution < 1.29 is 10.0 Å². The highest BCUT2D eigenvalue weighted by atomic mass is 16.8. The topological polar surface area (TPSA) is 63.6 Å². The Morgan fingerprint density at radius 2 is 2.30 bits per heavy atom. The van der Waals surface area contributed by atoms with Crippen molar-refractivity contribution in [2.45, 2.75) is 31.7 Å². The Morgan fingerprint density at radius 3 is 2.70 bits per heavy atom. The molecule has 4 nitrogen and oxygen atoms in total. The Hall–Kier alpha value is -0.450. The standard InChI is InChI=1S/C6H10NO3/c8-6-4-2-1-3-5(6)7(9)10/h5,9H,1-4H2/q-1. The molecular weight excluding hydrogens is 134 g/mol. The molecule has 0 spiro atoms. The summed E-state index contributed by atoms with van der Waals surface area (Å²) in [6.07, 6.45) is 2.64. The summed E-state index contributed by atoms with van der Waals surface area (Å²) in [7, 11) is 0. The second-order valence-corrected chi connectivity index (χ2v) is 2.53. The molecule has 0 bridgehead atoms. The zero-order valence-corrected chi connectivity index (χ0v) is 5.62. The first-order valence-electron chi connectivity index (χ1n) is 3.40. The molecule has 1 atom stereocenters. The van der Waals surface area contributed by atoms with Gasteiger partial charge in [0.1, 0.15) is 0 Å². The van der Waals surface area contributed by atoms with E-state index in [1.54, 1.807) is 0 Å². The Labute approximate surface area is 59.0 Å². The summed E-state index contributed by atoms with van der Waals surface area (Å²) in [5.41, 5.74) is 0. The number of Topliss-reactive ketones (excluding diaryl/α,β-unsaturated/α-hetero) is 1. The van der Waals surface area contributed by atoms with Crippen molar-refractivity contribution >= 4 is 5.78 Å². The molecule has 0 amide bonds. The molecule has 0 aromatic carbocycles. The van der Waals surface area contributed by atoms with Crippen molar-refractivity contribution in [1.82, 2.24) is 5.23 Å². The van der Waals surface area contributed by atoms with Crippen molar-refractivity contribution in [3.8, 4) is 0 Å².